The van der Waals surface area contributed by atoms with Crippen LogP contribution in [0, 0.1) is 0 Å². The predicted octanol–water partition coefficient (Wildman–Crippen LogP) is 9.35. The lowest BCUT2D eigenvalue weighted by atomic mass is 9.86. The number of hydrogen-bond acceptors (Lipinski definition) is 9. The van der Waals surface area contributed by atoms with E-state index in [-0.39, 0.29) is 37.6 Å². The van der Waals surface area contributed by atoms with Crippen LogP contribution in [0.5, 0.6) is 0 Å². The molecule has 2 bridgehead atoms. The topological polar surface area (TPSA) is 111 Å². The van der Waals surface area contributed by atoms with Gasteiger partial charge >= 0.3 is 6.09 Å². The molecule has 1 aromatic carbocycles. The van der Waals surface area contributed by atoms with Gasteiger partial charge in [0, 0.05) is 70.3 Å². The number of piperidine rings is 1. The highest BCUT2D eigenvalue weighted by Crippen LogP contribution is 2.45. The second kappa shape index (κ2) is 16.7. The molecule has 3 atom stereocenters. The van der Waals surface area contributed by atoms with Gasteiger partial charge in [0.2, 0.25) is 0 Å². The molecule has 296 valence electrons. The molecule has 2 aliphatic heterocycles. The Kier molecular flexibility index (Phi) is 12.3. The summed E-state index contributed by atoms with van der Waals surface area (Å²) in [5.74, 6) is 0.557. The molecule has 1 amide bonds. The fourth-order valence-corrected chi connectivity index (χ4v) is 9.06. The summed E-state index contributed by atoms with van der Waals surface area (Å²) in [6.45, 7) is 21.5. The standard InChI is InChI=1S/C42H60N6O5Si2/c1-42(2,3)53-41(50)47-33-16-17-34(47)24-32(23-33)38-36(27-49)40(46(28-51-19-21-54(4,5)6)29-52-20-22-55(7,8)9)48-39(45-38)35(26-44-48)31-15-18-37(43-25-31)30-13-11-10-12-14-30/h10-15,18,25-27,32-34H,16-17,19-24,28-29H2,1-9H3/t32?,33-,34+. The molecule has 6 rings (SSSR count). The Morgan fingerprint density at radius 1 is 0.873 bits per heavy atom. The van der Waals surface area contributed by atoms with Crippen molar-refractivity contribution < 1.29 is 23.8 Å². The number of aromatic nitrogens is 4. The third kappa shape index (κ3) is 10.1. The molecule has 11 nitrogen and oxygen atoms in total. The number of rotatable bonds is 15. The second-order valence-electron chi connectivity index (χ2n) is 18.6. The Labute approximate surface area is 328 Å². The van der Waals surface area contributed by atoms with E-state index in [0.29, 0.717) is 43.1 Å². The van der Waals surface area contributed by atoms with Gasteiger partial charge in [-0.15, -0.1) is 0 Å². The summed E-state index contributed by atoms with van der Waals surface area (Å²) in [5.41, 5.74) is 4.88. The van der Waals surface area contributed by atoms with Crippen molar-refractivity contribution in [1.82, 2.24) is 24.5 Å². The molecule has 4 aromatic rings. The van der Waals surface area contributed by atoms with Crippen LogP contribution in [0.1, 0.15) is 68.4 Å². The van der Waals surface area contributed by atoms with E-state index in [2.05, 4.69) is 45.3 Å². The van der Waals surface area contributed by atoms with Gasteiger partial charge in [0.25, 0.3) is 0 Å². The van der Waals surface area contributed by atoms with Crippen molar-refractivity contribution in [1.29, 1.82) is 0 Å². The van der Waals surface area contributed by atoms with Crippen LogP contribution in [0.2, 0.25) is 51.4 Å². The first kappa shape index (κ1) is 40.7. The van der Waals surface area contributed by atoms with Gasteiger partial charge in [-0.25, -0.2) is 9.78 Å². The van der Waals surface area contributed by atoms with Gasteiger partial charge in [0.15, 0.2) is 11.9 Å². The first-order chi connectivity index (χ1) is 26.0. The molecule has 5 heterocycles. The zero-order chi connectivity index (χ0) is 39.5. The Hall–Kier alpha value is -3.92. The maximum Gasteiger partial charge on any atom is 0.410 e. The quantitative estimate of drug-likeness (QED) is 0.0504. The molecule has 2 fully saturated rings. The zero-order valence-corrected chi connectivity index (χ0v) is 36.3. The van der Waals surface area contributed by atoms with E-state index < -0.39 is 21.7 Å². The maximum atomic E-state index is 13.4. The molecule has 0 radical (unpaired) electrons. The van der Waals surface area contributed by atoms with E-state index in [1.54, 1.807) is 4.52 Å². The number of fused-ring (bicyclic) bond motifs is 3. The van der Waals surface area contributed by atoms with Crippen molar-refractivity contribution in [3.05, 3.63) is 66.1 Å². The van der Waals surface area contributed by atoms with Gasteiger partial charge in [-0.1, -0.05) is 75.7 Å². The van der Waals surface area contributed by atoms with E-state index in [0.717, 1.165) is 59.3 Å². The van der Waals surface area contributed by atoms with Gasteiger partial charge < -0.3 is 24.0 Å². The first-order valence-corrected chi connectivity index (χ1v) is 27.2. The van der Waals surface area contributed by atoms with E-state index in [4.69, 9.17) is 29.3 Å². The fourth-order valence-electron chi connectivity index (χ4n) is 7.55. The number of carbonyl (C=O) groups excluding carboxylic acids is 2. The Balaban J connectivity index is 1.42. The van der Waals surface area contributed by atoms with Crippen molar-refractivity contribution in [3.8, 4) is 22.4 Å². The summed E-state index contributed by atoms with van der Waals surface area (Å²) in [6, 6.07) is 16.2. The van der Waals surface area contributed by atoms with Crippen molar-refractivity contribution in [2.24, 2.45) is 0 Å². The average molecular weight is 785 g/mol. The third-order valence-electron chi connectivity index (χ3n) is 10.5. The lowest BCUT2D eigenvalue weighted by Gasteiger charge is -2.39. The minimum Gasteiger partial charge on any atom is -0.444 e. The predicted molar refractivity (Wildman–Crippen MR) is 224 cm³/mol. The molecular formula is C42H60N6O5Si2. The summed E-state index contributed by atoms with van der Waals surface area (Å²) in [7, 11) is -2.69. The van der Waals surface area contributed by atoms with Gasteiger partial charge in [0.05, 0.1) is 23.1 Å². The van der Waals surface area contributed by atoms with Crippen LogP contribution < -0.4 is 4.90 Å². The highest BCUT2D eigenvalue weighted by molar-refractivity contribution is 6.76. The van der Waals surface area contributed by atoms with E-state index in [1.165, 1.54) is 0 Å². The zero-order valence-electron chi connectivity index (χ0n) is 34.3. The SMILES string of the molecule is CC(C)(C)OC(=O)N1[C@@H]2CC[C@H]1CC(c1nc3c(-c4ccc(-c5ccccc5)nc4)cnn3c(N(COCC[Si](C)(C)C)COCC[Si](C)(C)C)c1C=O)C2. The largest absolute Gasteiger partial charge is 0.444 e. The number of pyridine rings is 1. The molecular weight excluding hydrogens is 725 g/mol. The number of benzene rings is 1. The minimum absolute atomic E-state index is 0.00425. The van der Waals surface area contributed by atoms with Crippen molar-refractivity contribution in [2.45, 2.75) is 121 Å². The Morgan fingerprint density at radius 3 is 2.02 bits per heavy atom. The van der Waals surface area contributed by atoms with Gasteiger partial charge in [-0.05, 0) is 64.6 Å². The van der Waals surface area contributed by atoms with Crippen molar-refractivity contribution in [2.75, 3.05) is 31.6 Å². The molecule has 3 aromatic heterocycles. The second-order valence-corrected chi connectivity index (χ2v) is 29.9. The molecule has 0 saturated carbocycles. The summed E-state index contributed by atoms with van der Waals surface area (Å²) in [4.78, 5) is 40.9. The van der Waals surface area contributed by atoms with Gasteiger partial charge in [0.1, 0.15) is 24.9 Å². The van der Waals surface area contributed by atoms with Gasteiger partial charge in [-0.3, -0.25) is 9.78 Å². The maximum absolute atomic E-state index is 13.4. The number of carbonyl (C=O) groups is 2. The summed E-state index contributed by atoms with van der Waals surface area (Å²) in [5, 5.41) is 4.90. The Morgan fingerprint density at radius 2 is 1.49 bits per heavy atom. The Bertz CT molecular complexity index is 1900. The van der Waals surface area contributed by atoms with Crippen LogP contribution in [0.4, 0.5) is 10.6 Å². The molecule has 0 aliphatic carbocycles. The number of hydrogen-bond donors (Lipinski definition) is 0. The summed E-state index contributed by atoms with van der Waals surface area (Å²) >= 11 is 0. The monoisotopic (exact) mass is 784 g/mol. The number of amides is 1. The van der Waals surface area contributed by atoms with Crippen LogP contribution in [-0.2, 0) is 14.2 Å². The number of aldehydes is 1. The van der Waals surface area contributed by atoms with Gasteiger partial charge in [-0.2, -0.15) is 9.61 Å². The van der Waals surface area contributed by atoms with E-state index >= 15 is 0 Å². The molecule has 1 unspecified atom stereocenters. The molecule has 0 spiro atoms. The third-order valence-corrected chi connectivity index (χ3v) is 13.9. The van der Waals surface area contributed by atoms with Crippen LogP contribution in [-0.4, -0.2) is 97.4 Å². The number of ether oxygens (including phenoxy) is 3. The fraction of sp³-hybridized carbons (Fsp3) is 0.548. The molecule has 2 saturated heterocycles. The van der Waals surface area contributed by atoms with E-state index in [1.807, 2.05) is 79.4 Å². The van der Waals surface area contributed by atoms with Crippen LogP contribution >= 0.6 is 0 Å². The van der Waals surface area contributed by atoms with Crippen molar-refractivity contribution >= 4 is 40.0 Å². The number of nitrogens with zero attached hydrogens (tertiary/aromatic N) is 6. The lowest BCUT2D eigenvalue weighted by Crippen LogP contribution is -2.48. The summed E-state index contributed by atoms with van der Waals surface area (Å²) < 4.78 is 20.4. The molecule has 2 aliphatic rings. The summed E-state index contributed by atoms with van der Waals surface area (Å²) in [6.07, 6.45) is 7.51. The van der Waals surface area contributed by atoms with Crippen LogP contribution in [0.3, 0.4) is 0 Å². The van der Waals surface area contributed by atoms with E-state index in [9.17, 15) is 9.59 Å². The highest BCUT2D eigenvalue weighted by Gasteiger charge is 2.46. The first-order valence-electron chi connectivity index (χ1n) is 19.8. The van der Waals surface area contributed by atoms with Crippen LogP contribution in [0.15, 0.2) is 54.9 Å². The van der Waals surface area contributed by atoms with Crippen LogP contribution in [0.25, 0.3) is 28.0 Å². The average Bonchev–Trinajstić information content (AvgIpc) is 3.66. The highest BCUT2D eigenvalue weighted by atomic mass is 28.3. The molecule has 0 N–H and O–H groups in total. The van der Waals surface area contributed by atoms with Crippen molar-refractivity contribution in [3.63, 3.8) is 0 Å². The normalized spacial score (nSPS) is 18.9. The lowest BCUT2D eigenvalue weighted by molar-refractivity contribution is 0.00564. The minimum atomic E-state index is -1.34. The number of anilines is 1. The smallest absolute Gasteiger partial charge is 0.410 e. The molecule has 55 heavy (non-hydrogen) atoms. The molecule has 13 heteroatoms.